The van der Waals surface area contributed by atoms with E-state index in [9.17, 15) is 0 Å². The van der Waals surface area contributed by atoms with Crippen LogP contribution in [-0.2, 0) is 0 Å². The van der Waals surface area contributed by atoms with Crippen LogP contribution in [-0.4, -0.2) is 6.61 Å². The first-order valence-electron chi connectivity index (χ1n) is 5.87. The monoisotopic (exact) mass is 229 g/mol. The Morgan fingerprint density at radius 3 is 2.59 bits per heavy atom. The Bertz CT molecular complexity index is 429. The molecule has 1 aromatic carbocycles. The predicted octanol–water partition coefficient (Wildman–Crippen LogP) is 3.88. The summed E-state index contributed by atoms with van der Waals surface area (Å²) in [6.45, 7) is 10.7. The van der Waals surface area contributed by atoms with Gasteiger partial charge in [-0.25, -0.2) is 0 Å². The second-order valence-electron chi connectivity index (χ2n) is 4.63. The molecule has 0 radical (unpaired) electrons. The van der Waals surface area contributed by atoms with Crippen molar-refractivity contribution in [1.29, 1.82) is 5.26 Å². The fourth-order valence-electron chi connectivity index (χ4n) is 1.43. The van der Waals surface area contributed by atoms with Gasteiger partial charge in [-0.1, -0.05) is 26.8 Å². The molecule has 0 saturated carbocycles. The average molecular weight is 229 g/mol. The molecule has 1 unspecified atom stereocenters. The first-order valence-corrected chi connectivity index (χ1v) is 5.87. The van der Waals surface area contributed by atoms with Crippen molar-refractivity contribution < 1.29 is 4.74 Å². The van der Waals surface area contributed by atoms with Crippen molar-refractivity contribution in [3.63, 3.8) is 0 Å². The summed E-state index contributed by atoms with van der Waals surface area (Å²) in [5, 5.41) is 8.99. The normalized spacial score (nSPS) is 11.9. The van der Waals surface area contributed by atoms with Crippen molar-refractivity contribution in [3.05, 3.63) is 42.0 Å². The van der Waals surface area contributed by atoms with Gasteiger partial charge in [-0.2, -0.15) is 5.26 Å². The van der Waals surface area contributed by atoms with Crippen LogP contribution in [0.2, 0.25) is 0 Å². The number of nitriles is 1. The molecule has 0 amide bonds. The first kappa shape index (κ1) is 13.3. The second-order valence-corrected chi connectivity index (χ2v) is 4.63. The summed E-state index contributed by atoms with van der Waals surface area (Å²) in [5.74, 6) is 1.46. The molecule has 0 aliphatic heterocycles. The van der Waals surface area contributed by atoms with Crippen molar-refractivity contribution in [2.75, 3.05) is 6.61 Å². The van der Waals surface area contributed by atoms with Crippen LogP contribution in [0.15, 0.2) is 30.9 Å². The van der Waals surface area contributed by atoms with Crippen LogP contribution in [0.3, 0.4) is 0 Å². The third-order valence-corrected chi connectivity index (χ3v) is 2.52. The Balaban J connectivity index is 2.97. The van der Waals surface area contributed by atoms with E-state index in [2.05, 4.69) is 33.4 Å². The molecule has 1 rings (SSSR count). The highest BCUT2D eigenvalue weighted by molar-refractivity contribution is 5.42. The summed E-state index contributed by atoms with van der Waals surface area (Å²) in [5.41, 5.74) is 1.70. The van der Waals surface area contributed by atoms with Crippen molar-refractivity contribution in [3.8, 4) is 11.8 Å². The molecule has 0 N–H and O–H groups in total. The van der Waals surface area contributed by atoms with E-state index >= 15 is 0 Å². The van der Waals surface area contributed by atoms with E-state index in [0.717, 1.165) is 11.3 Å². The van der Waals surface area contributed by atoms with Gasteiger partial charge in [-0.15, -0.1) is 6.58 Å². The molecule has 2 nitrogen and oxygen atoms in total. The molecule has 0 aliphatic carbocycles. The zero-order valence-electron chi connectivity index (χ0n) is 10.7. The number of nitrogens with zero attached hydrogens (tertiary/aromatic N) is 1. The Hall–Kier alpha value is -1.75. The first-order chi connectivity index (χ1) is 8.06. The lowest BCUT2D eigenvalue weighted by molar-refractivity contribution is 0.270. The number of hydrogen-bond acceptors (Lipinski definition) is 2. The molecule has 0 spiro atoms. The zero-order valence-corrected chi connectivity index (χ0v) is 10.7. The van der Waals surface area contributed by atoms with Crippen LogP contribution in [0.4, 0.5) is 0 Å². The Morgan fingerprint density at radius 1 is 1.35 bits per heavy atom. The molecule has 0 aromatic heterocycles. The molecular formula is C15H19NO. The largest absolute Gasteiger partial charge is 0.493 e. The van der Waals surface area contributed by atoms with Crippen molar-refractivity contribution in [2.24, 2.45) is 5.92 Å². The minimum atomic E-state index is 0.227. The smallest absolute Gasteiger partial charge is 0.120 e. The molecule has 1 aromatic rings. The molecule has 90 valence electrons. The molecule has 0 heterocycles. The maximum absolute atomic E-state index is 8.99. The standard InChI is InChI=1S/C15H19NO/c1-5-12(4)14-6-13(9-16)7-15(8-14)17-10-11(2)3/h5-8,11-12H,1,10H2,2-4H3. The third kappa shape index (κ3) is 3.96. The van der Waals surface area contributed by atoms with E-state index in [1.807, 2.05) is 18.2 Å². The second kappa shape index (κ2) is 6.10. The van der Waals surface area contributed by atoms with E-state index in [1.54, 1.807) is 6.07 Å². The van der Waals surface area contributed by atoms with Gasteiger partial charge in [-0.3, -0.25) is 0 Å². The highest BCUT2D eigenvalue weighted by atomic mass is 16.5. The van der Waals surface area contributed by atoms with E-state index in [1.165, 1.54) is 0 Å². The fourth-order valence-corrected chi connectivity index (χ4v) is 1.43. The van der Waals surface area contributed by atoms with Crippen molar-refractivity contribution in [1.82, 2.24) is 0 Å². The van der Waals surface area contributed by atoms with Crippen LogP contribution in [0.1, 0.15) is 37.8 Å². The summed E-state index contributed by atoms with van der Waals surface area (Å²) in [6.07, 6.45) is 1.86. The number of allylic oxidation sites excluding steroid dienone is 1. The quantitative estimate of drug-likeness (QED) is 0.718. The lowest BCUT2D eigenvalue weighted by Crippen LogP contribution is -2.05. The Morgan fingerprint density at radius 2 is 2.06 bits per heavy atom. The third-order valence-electron chi connectivity index (χ3n) is 2.52. The molecule has 0 fully saturated rings. The van der Waals surface area contributed by atoms with Gasteiger partial charge in [0.25, 0.3) is 0 Å². The van der Waals surface area contributed by atoms with Crippen LogP contribution < -0.4 is 4.74 Å². The average Bonchev–Trinajstić information content (AvgIpc) is 2.34. The van der Waals surface area contributed by atoms with Gasteiger partial charge in [0.05, 0.1) is 18.2 Å². The Labute approximate surface area is 104 Å². The summed E-state index contributed by atoms with van der Waals surface area (Å²) < 4.78 is 5.66. The van der Waals surface area contributed by atoms with Gasteiger partial charge in [0.2, 0.25) is 0 Å². The van der Waals surface area contributed by atoms with E-state index in [0.29, 0.717) is 18.1 Å². The summed E-state index contributed by atoms with van der Waals surface area (Å²) in [6, 6.07) is 7.80. The van der Waals surface area contributed by atoms with Gasteiger partial charge >= 0.3 is 0 Å². The van der Waals surface area contributed by atoms with E-state index in [4.69, 9.17) is 10.00 Å². The Kier molecular flexibility index (Phi) is 4.78. The highest BCUT2D eigenvalue weighted by Gasteiger charge is 2.06. The number of benzene rings is 1. The number of hydrogen-bond donors (Lipinski definition) is 0. The van der Waals surface area contributed by atoms with Gasteiger partial charge in [-0.05, 0) is 35.6 Å². The van der Waals surface area contributed by atoms with E-state index < -0.39 is 0 Å². The minimum Gasteiger partial charge on any atom is -0.493 e. The predicted molar refractivity (Wildman–Crippen MR) is 70.1 cm³/mol. The van der Waals surface area contributed by atoms with Crippen LogP contribution >= 0.6 is 0 Å². The molecule has 2 heteroatoms. The van der Waals surface area contributed by atoms with Crippen molar-refractivity contribution in [2.45, 2.75) is 26.7 Å². The highest BCUT2D eigenvalue weighted by Crippen LogP contribution is 2.24. The van der Waals surface area contributed by atoms with Gasteiger partial charge in [0.15, 0.2) is 0 Å². The fraction of sp³-hybridized carbons (Fsp3) is 0.400. The lowest BCUT2D eigenvalue weighted by Gasteiger charge is -2.12. The number of rotatable bonds is 5. The molecule has 1 atom stereocenters. The summed E-state index contributed by atoms with van der Waals surface area (Å²) >= 11 is 0. The molecule has 17 heavy (non-hydrogen) atoms. The molecular weight excluding hydrogens is 210 g/mol. The van der Waals surface area contributed by atoms with Gasteiger partial charge < -0.3 is 4.74 Å². The van der Waals surface area contributed by atoms with Crippen LogP contribution in [0.25, 0.3) is 0 Å². The number of ether oxygens (including phenoxy) is 1. The minimum absolute atomic E-state index is 0.227. The maximum Gasteiger partial charge on any atom is 0.120 e. The van der Waals surface area contributed by atoms with Crippen LogP contribution in [0.5, 0.6) is 5.75 Å². The maximum atomic E-state index is 8.99. The molecule has 0 saturated heterocycles. The van der Waals surface area contributed by atoms with E-state index in [-0.39, 0.29) is 5.92 Å². The topological polar surface area (TPSA) is 33.0 Å². The summed E-state index contributed by atoms with van der Waals surface area (Å²) in [4.78, 5) is 0. The SMILES string of the molecule is C=CC(C)c1cc(C#N)cc(OCC(C)C)c1. The zero-order chi connectivity index (χ0) is 12.8. The van der Waals surface area contributed by atoms with Gasteiger partial charge in [0, 0.05) is 0 Å². The molecule has 0 aliphatic rings. The summed E-state index contributed by atoms with van der Waals surface area (Å²) in [7, 11) is 0. The molecule has 0 bridgehead atoms. The van der Waals surface area contributed by atoms with Crippen LogP contribution in [0, 0.1) is 17.2 Å². The van der Waals surface area contributed by atoms with Gasteiger partial charge in [0.1, 0.15) is 5.75 Å². The lowest BCUT2D eigenvalue weighted by atomic mass is 9.99. The van der Waals surface area contributed by atoms with Crippen molar-refractivity contribution >= 4 is 0 Å².